The Hall–Kier alpha value is -3.78. The number of aromatic nitrogens is 1. The molecule has 0 saturated carbocycles. The summed E-state index contributed by atoms with van der Waals surface area (Å²) in [6.45, 7) is 15.1. The van der Waals surface area contributed by atoms with Crippen molar-refractivity contribution >= 4 is 46.4 Å². The largest absolute Gasteiger partial charge is 0.265 e. The number of benzene rings is 4. The maximum absolute atomic E-state index is 6.19. The van der Waals surface area contributed by atoms with Crippen molar-refractivity contribution in [1.29, 1.82) is 0 Å². The zero-order valence-electron chi connectivity index (χ0n) is 27.8. The van der Waals surface area contributed by atoms with E-state index in [0.29, 0.717) is 0 Å². The van der Waals surface area contributed by atoms with Crippen LogP contribution in [-0.2, 0) is 13.5 Å². The molecule has 1 aliphatic heterocycles. The van der Waals surface area contributed by atoms with Crippen LogP contribution in [0, 0.1) is 41.5 Å². The molecule has 4 aromatic carbocycles. The first-order valence-electron chi connectivity index (χ1n) is 15.7. The van der Waals surface area contributed by atoms with Gasteiger partial charge in [-0.3, -0.25) is 4.98 Å². The Morgan fingerprint density at radius 1 is 0.596 bits per heavy atom. The Morgan fingerprint density at radius 2 is 1.04 bits per heavy atom. The van der Waals surface area contributed by atoms with Gasteiger partial charge in [-0.25, -0.2) is 0 Å². The average molecular weight is 748 g/mol. The summed E-state index contributed by atoms with van der Waals surface area (Å²) in [5.74, 6) is 0. The maximum Gasteiger partial charge on any atom is 0.0267 e. The number of hydrogen-bond donors (Lipinski definition) is 0. The van der Waals surface area contributed by atoms with Gasteiger partial charge in [0.05, 0.1) is 0 Å². The predicted octanol–water partition coefficient (Wildman–Crippen LogP) is 10.4. The molecule has 0 amide bonds. The van der Waals surface area contributed by atoms with Crippen molar-refractivity contribution in [3.05, 3.63) is 166 Å². The summed E-state index contributed by atoms with van der Waals surface area (Å²) in [7, 11) is 12.4. The Kier molecular flexibility index (Phi) is 11.7. The topological polar surface area (TPSA) is 18.9 Å². The van der Waals surface area contributed by atoms with Crippen LogP contribution in [0.4, 0.5) is 11.4 Å². The van der Waals surface area contributed by atoms with Crippen LogP contribution >= 0.6 is 19.4 Å². The molecule has 0 unspecified atom stereocenters. The van der Waals surface area contributed by atoms with Gasteiger partial charge in [0, 0.05) is 34.6 Å². The second kappa shape index (κ2) is 15.9. The van der Waals surface area contributed by atoms with Crippen LogP contribution in [-0.4, -0.2) is 37.3 Å². The van der Waals surface area contributed by atoms with E-state index in [1.165, 1.54) is 67.0 Å². The molecule has 1 aromatic heterocycles. The minimum Gasteiger partial charge on any atom is -0.265 e. The Morgan fingerprint density at radius 3 is 1.47 bits per heavy atom. The van der Waals surface area contributed by atoms with Crippen molar-refractivity contribution in [1.82, 2.24) is 4.98 Å². The van der Waals surface area contributed by atoms with E-state index in [1.807, 2.05) is 42.5 Å². The van der Waals surface area contributed by atoms with Gasteiger partial charge >= 0.3 is 126 Å². The molecule has 6 heteroatoms. The van der Waals surface area contributed by atoms with Crippen molar-refractivity contribution in [2.75, 3.05) is 13.1 Å². The van der Waals surface area contributed by atoms with Crippen molar-refractivity contribution in [3.8, 4) is 0 Å². The number of hydrogen-bond acceptors (Lipinski definition) is 1. The van der Waals surface area contributed by atoms with E-state index in [1.54, 1.807) is 12.4 Å². The predicted molar refractivity (Wildman–Crippen MR) is 196 cm³/mol. The van der Waals surface area contributed by atoms with Crippen LogP contribution in [0.5, 0.6) is 0 Å². The number of pyridine rings is 1. The van der Waals surface area contributed by atoms with Crippen LogP contribution in [0.2, 0.25) is 0 Å². The molecule has 47 heavy (non-hydrogen) atoms. The fourth-order valence-corrected chi connectivity index (χ4v) is 8.93. The molecule has 240 valence electrons. The Bertz CT molecular complexity index is 1890. The van der Waals surface area contributed by atoms with E-state index < -0.39 is 13.5 Å². The SMILES string of the molecule is Cc1cc(C)c([N+]2=C=[N+](c3c(C)cc(C)cc3C)CC2)c(C)c1.[Cl][Ru]([Cl])=[C]1C=C(c2ccccc2)c2ccccc21.c1ccncc1. The van der Waals surface area contributed by atoms with Gasteiger partial charge in [0.1, 0.15) is 0 Å². The molecule has 0 atom stereocenters. The zero-order valence-corrected chi connectivity index (χ0v) is 31.1. The molecule has 0 bridgehead atoms. The van der Waals surface area contributed by atoms with E-state index in [4.69, 9.17) is 19.4 Å². The molecule has 2 heterocycles. The third-order valence-corrected chi connectivity index (χ3v) is 11.3. The van der Waals surface area contributed by atoms with E-state index in [0.717, 1.165) is 17.2 Å². The number of fused-ring (bicyclic) bond motifs is 1. The summed E-state index contributed by atoms with van der Waals surface area (Å²) in [5.41, 5.74) is 15.4. The molecule has 0 spiro atoms. The molecule has 0 N–H and O–H groups in total. The second-order valence-corrected chi connectivity index (χ2v) is 17.7. The van der Waals surface area contributed by atoms with Crippen molar-refractivity contribution < 1.29 is 22.7 Å². The summed E-state index contributed by atoms with van der Waals surface area (Å²) in [4.78, 5) is 3.78. The van der Waals surface area contributed by atoms with Gasteiger partial charge in [0.15, 0.2) is 0 Å². The summed E-state index contributed by atoms with van der Waals surface area (Å²) in [5, 5.41) is 0. The summed E-state index contributed by atoms with van der Waals surface area (Å²) in [6.07, 6.45) is 5.65. The molecule has 3 nitrogen and oxygen atoms in total. The molecule has 1 aliphatic carbocycles. The van der Waals surface area contributed by atoms with Gasteiger partial charge in [0.2, 0.25) is 24.5 Å². The fraction of sp³-hybridized carbons (Fsp3) is 0.195. The van der Waals surface area contributed by atoms with Crippen LogP contribution < -0.4 is 0 Å². The van der Waals surface area contributed by atoms with Crippen LogP contribution in [0.25, 0.3) is 5.57 Å². The molecule has 0 saturated heterocycles. The molecule has 7 rings (SSSR count). The Labute approximate surface area is 292 Å². The van der Waals surface area contributed by atoms with Crippen molar-refractivity contribution in [2.24, 2.45) is 0 Å². The monoisotopic (exact) mass is 747 g/mol. The zero-order chi connectivity index (χ0) is 33.5. The molecular formula is C41H41Cl2N3Ru+2. The first-order valence-corrected chi connectivity index (χ1v) is 21.0. The van der Waals surface area contributed by atoms with Crippen LogP contribution in [0.15, 0.2) is 116 Å². The van der Waals surface area contributed by atoms with Crippen molar-refractivity contribution in [2.45, 2.75) is 41.5 Å². The van der Waals surface area contributed by atoms with Gasteiger partial charge in [-0.15, -0.1) is 0 Å². The first-order chi connectivity index (χ1) is 22.6. The summed E-state index contributed by atoms with van der Waals surface area (Å²) in [6, 6.07) is 37.0. The van der Waals surface area contributed by atoms with E-state index in [-0.39, 0.29) is 0 Å². The Balaban J connectivity index is 0.000000160. The quantitative estimate of drug-likeness (QED) is 0.133. The van der Waals surface area contributed by atoms with Gasteiger partial charge < -0.3 is 0 Å². The number of rotatable bonds is 3. The minimum atomic E-state index is -1.88. The second-order valence-electron chi connectivity index (χ2n) is 11.9. The van der Waals surface area contributed by atoms with Gasteiger partial charge in [-0.2, -0.15) is 0 Å². The van der Waals surface area contributed by atoms with Crippen molar-refractivity contribution in [3.63, 3.8) is 0 Å². The smallest absolute Gasteiger partial charge is 0.0267 e. The summed E-state index contributed by atoms with van der Waals surface area (Å²) >= 11 is -1.88. The first kappa shape index (κ1) is 34.6. The number of allylic oxidation sites excluding steroid dienone is 1. The van der Waals surface area contributed by atoms with Crippen LogP contribution in [0.3, 0.4) is 0 Å². The number of nitrogens with zero attached hydrogens (tertiary/aromatic N) is 3. The third kappa shape index (κ3) is 8.39. The van der Waals surface area contributed by atoms with E-state index in [2.05, 4.69) is 122 Å². The number of halogens is 2. The molecule has 5 aromatic rings. The van der Waals surface area contributed by atoms with Crippen LogP contribution in [0.1, 0.15) is 50.1 Å². The average Bonchev–Trinajstić information content (AvgIpc) is 3.68. The third-order valence-electron chi connectivity index (χ3n) is 8.13. The minimum absolute atomic E-state index is 0.984. The van der Waals surface area contributed by atoms with Gasteiger partial charge in [-0.05, 0) is 77.9 Å². The standard InChI is InChI=1S/C21H26N2.C15H10.C5H5N.2ClH.Ru/c1-14-9-16(3)20(17(4)10-14)22-7-8-23(13-22)21-18(5)11-15(2)12-19(21)6;1-2-6-12(7-3-1)15-11-10-13-8-4-5-9-14(13)15;1-2-4-6-5-3-1;;;/h9-12H,7-8H2,1-6H3;1-9,11H;1-5H;2*1H;/q+2;;;;;+2/p-2. The fourth-order valence-electron chi connectivity index (χ4n) is 6.44. The molecule has 2 aliphatic rings. The molecule has 0 fully saturated rings. The number of aryl methyl sites for hydroxylation is 6. The van der Waals surface area contributed by atoms with E-state index >= 15 is 0 Å². The van der Waals surface area contributed by atoms with Gasteiger partial charge in [-0.1, -0.05) is 26.3 Å². The van der Waals surface area contributed by atoms with E-state index in [9.17, 15) is 0 Å². The molecule has 0 radical (unpaired) electrons. The van der Waals surface area contributed by atoms with Gasteiger partial charge in [0.25, 0.3) is 0 Å². The molecular weight excluding hydrogens is 706 g/mol. The normalized spacial score (nSPS) is 13.3. The maximum atomic E-state index is 6.19. The summed E-state index contributed by atoms with van der Waals surface area (Å²) < 4.78 is 5.68.